The molecule has 1 unspecified atom stereocenters. The van der Waals surface area contributed by atoms with Gasteiger partial charge < -0.3 is 0 Å². The maximum absolute atomic E-state index is 12.1. The predicted octanol–water partition coefficient (Wildman–Crippen LogP) is 3.72. The Morgan fingerprint density at radius 3 is 2.70 bits per heavy atom. The molecule has 3 rings (SSSR count). The zero-order chi connectivity index (χ0) is 16.6. The molecule has 2 aromatic rings. The lowest BCUT2D eigenvalue weighted by atomic mass is 9.97. The highest BCUT2D eigenvalue weighted by molar-refractivity contribution is 6.35. The minimum atomic E-state index is -0.604. The van der Waals surface area contributed by atoms with E-state index in [4.69, 9.17) is 11.6 Å². The average molecular weight is 331 g/mol. The van der Waals surface area contributed by atoms with Crippen molar-refractivity contribution >= 4 is 23.0 Å². The first kappa shape index (κ1) is 15.3. The summed E-state index contributed by atoms with van der Waals surface area (Å²) < 4.78 is 0.842. The third-order valence-corrected chi connectivity index (χ3v) is 4.08. The smallest absolute Gasteiger partial charge is 0.258 e. The third kappa shape index (κ3) is 2.85. The number of nitrogens with zero attached hydrogens (tertiary/aromatic N) is 3. The van der Waals surface area contributed by atoms with Crippen molar-refractivity contribution in [2.45, 2.75) is 19.6 Å². The first-order valence-electron chi connectivity index (χ1n) is 7.01. The van der Waals surface area contributed by atoms with E-state index in [-0.39, 0.29) is 12.2 Å². The summed E-state index contributed by atoms with van der Waals surface area (Å²) in [5.74, 6) is 0. The molecule has 0 saturated heterocycles. The number of nitro benzene ring substituents is 1. The van der Waals surface area contributed by atoms with Gasteiger partial charge in [0.1, 0.15) is 0 Å². The highest BCUT2D eigenvalue weighted by atomic mass is 35.5. The molecule has 6 nitrogen and oxygen atoms in total. The SMILES string of the molecule is CC1N=C(c2ccccc2Cl)c2cc([N+](=O)[O-])ccc2C[N+]1=O. The summed E-state index contributed by atoms with van der Waals surface area (Å²) in [7, 11) is 0. The summed E-state index contributed by atoms with van der Waals surface area (Å²) in [5.41, 5.74) is 2.36. The monoisotopic (exact) mass is 330 g/mol. The minimum absolute atomic E-state index is 0.0458. The van der Waals surface area contributed by atoms with Gasteiger partial charge in [-0.25, -0.2) is 4.99 Å². The van der Waals surface area contributed by atoms with Crippen molar-refractivity contribution in [3.05, 3.63) is 79.2 Å². The van der Waals surface area contributed by atoms with E-state index in [1.54, 1.807) is 31.2 Å². The van der Waals surface area contributed by atoms with E-state index in [0.717, 1.165) is 4.76 Å². The Labute approximate surface area is 137 Å². The van der Waals surface area contributed by atoms with Crippen LogP contribution in [0.4, 0.5) is 5.69 Å². The molecule has 1 heterocycles. The molecule has 0 bridgehead atoms. The lowest BCUT2D eigenvalue weighted by molar-refractivity contribution is -0.595. The number of hydrogen-bond donors (Lipinski definition) is 0. The Morgan fingerprint density at radius 1 is 1.26 bits per heavy atom. The highest BCUT2D eigenvalue weighted by Gasteiger charge is 2.29. The van der Waals surface area contributed by atoms with Crippen LogP contribution in [0, 0.1) is 15.0 Å². The molecule has 0 radical (unpaired) electrons. The summed E-state index contributed by atoms with van der Waals surface area (Å²) in [4.78, 5) is 27.2. The number of halogens is 1. The lowest BCUT2D eigenvalue weighted by Gasteiger charge is -2.09. The van der Waals surface area contributed by atoms with Crippen LogP contribution in [0.15, 0.2) is 47.5 Å². The number of benzene rings is 2. The molecule has 0 aliphatic carbocycles. The molecule has 0 saturated carbocycles. The molecule has 0 amide bonds. The van der Waals surface area contributed by atoms with Crippen molar-refractivity contribution in [2.75, 3.05) is 0 Å². The van der Waals surface area contributed by atoms with Gasteiger partial charge in [-0.2, -0.15) is 0 Å². The van der Waals surface area contributed by atoms with Crippen molar-refractivity contribution in [1.29, 1.82) is 0 Å². The zero-order valence-electron chi connectivity index (χ0n) is 12.3. The minimum Gasteiger partial charge on any atom is -0.258 e. The summed E-state index contributed by atoms with van der Waals surface area (Å²) >= 11 is 6.26. The molecular weight excluding hydrogens is 318 g/mol. The van der Waals surface area contributed by atoms with Gasteiger partial charge in [-0.1, -0.05) is 29.8 Å². The summed E-state index contributed by atoms with van der Waals surface area (Å²) in [6.45, 7) is 1.80. The Kier molecular flexibility index (Phi) is 3.92. The molecule has 116 valence electrons. The Morgan fingerprint density at radius 2 is 2.00 bits per heavy atom. The highest BCUT2D eigenvalue weighted by Crippen LogP contribution is 2.28. The zero-order valence-corrected chi connectivity index (χ0v) is 13.0. The molecule has 2 aromatic carbocycles. The number of hydrogen-bond acceptors (Lipinski definition) is 4. The normalized spacial score (nSPS) is 17.2. The van der Waals surface area contributed by atoms with Gasteiger partial charge in [0.05, 0.1) is 10.6 Å². The van der Waals surface area contributed by atoms with E-state index in [0.29, 0.717) is 27.4 Å². The van der Waals surface area contributed by atoms with Gasteiger partial charge in [-0.15, -0.1) is 0 Å². The maximum atomic E-state index is 12.1. The number of non-ortho nitro benzene ring substituents is 1. The number of nitroso groups, excluding NO2 is 1. The number of rotatable bonds is 2. The molecule has 0 spiro atoms. The summed E-state index contributed by atoms with van der Waals surface area (Å²) in [6.07, 6.45) is -0.604. The fraction of sp³-hybridized carbons (Fsp3) is 0.188. The van der Waals surface area contributed by atoms with E-state index in [2.05, 4.69) is 4.99 Å². The van der Waals surface area contributed by atoms with Gasteiger partial charge in [0.2, 0.25) is 6.54 Å². The average Bonchev–Trinajstić information content (AvgIpc) is 2.64. The van der Waals surface area contributed by atoms with Gasteiger partial charge in [-0.3, -0.25) is 10.1 Å². The molecular formula is C16H13ClN3O3+. The van der Waals surface area contributed by atoms with E-state index in [1.165, 1.54) is 12.1 Å². The second-order valence-corrected chi connectivity index (χ2v) is 5.67. The largest absolute Gasteiger partial charge is 0.291 e. The van der Waals surface area contributed by atoms with E-state index in [1.807, 2.05) is 6.07 Å². The molecule has 1 aliphatic rings. The standard InChI is InChI=1S/C16H13ClN3O3/c1-10-18-16(13-4-2-3-5-15(13)17)14-8-12(20(22)23)7-6-11(14)9-19(10)21/h2-8,10H,9H2,1H3/q+1. The Hall–Kier alpha value is -2.60. The van der Waals surface area contributed by atoms with Crippen molar-refractivity contribution < 1.29 is 9.68 Å². The summed E-state index contributed by atoms with van der Waals surface area (Å²) in [5, 5.41) is 11.6. The molecule has 1 atom stereocenters. The topological polar surface area (TPSA) is 75.6 Å². The van der Waals surface area contributed by atoms with E-state index in [9.17, 15) is 15.0 Å². The van der Waals surface area contributed by atoms with Gasteiger partial charge in [0.15, 0.2) is 0 Å². The molecule has 7 heteroatoms. The van der Waals surface area contributed by atoms with Gasteiger partial charge in [0, 0.05) is 50.4 Å². The van der Waals surface area contributed by atoms with Crippen LogP contribution in [0.5, 0.6) is 0 Å². The first-order chi connectivity index (χ1) is 11.0. The Bertz CT molecular complexity index is 848. The van der Waals surface area contributed by atoms with Crippen molar-refractivity contribution in [3.8, 4) is 0 Å². The van der Waals surface area contributed by atoms with E-state index >= 15 is 0 Å². The van der Waals surface area contributed by atoms with Crippen LogP contribution >= 0.6 is 11.6 Å². The number of nitro groups is 1. The third-order valence-electron chi connectivity index (χ3n) is 3.75. The van der Waals surface area contributed by atoms with Gasteiger partial charge >= 0.3 is 0 Å². The second-order valence-electron chi connectivity index (χ2n) is 5.26. The Balaban J connectivity index is 2.27. The van der Waals surface area contributed by atoms with Gasteiger partial charge in [0.25, 0.3) is 11.9 Å². The molecule has 23 heavy (non-hydrogen) atoms. The van der Waals surface area contributed by atoms with Crippen molar-refractivity contribution in [3.63, 3.8) is 0 Å². The molecule has 0 fully saturated rings. The van der Waals surface area contributed by atoms with Crippen molar-refractivity contribution in [2.24, 2.45) is 4.99 Å². The van der Waals surface area contributed by atoms with Crippen LogP contribution in [0.3, 0.4) is 0 Å². The van der Waals surface area contributed by atoms with Crippen LogP contribution in [-0.2, 0) is 6.54 Å². The number of fused-ring (bicyclic) bond motifs is 1. The molecule has 0 aromatic heterocycles. The molecule has 1 aliphatic heterocycles. The second kappa shape index (κ2) is 5.89. The molecule has 0 N–H and O–H groups in total. The predicted molar refractivity (Wildman–Crippen MR) is 87.0 cm³/mol. The lowest BCUT2D eigenvalue weighted by Crippen LogP contribution is -2.17. The fourth-order valence-electron chi connectivity index (χ4n) is 2.52. The van der Waals surface area contributed by atoms with Crippen LogP contribution in [0.25, 0.3) is 0 Å². The number of aliphatic imine (C=N–C) groups is 1. The van der Waals surface area contributed by atoms with Crippen molar-refractivity contribution in [1.82, 2.24) is 0 Å². The fourth-order valence-corrected chi connectivity index (χ4v) is 2.75. The van der Waals surface area contributed by atoms with Crippen LogP contribution in [0.2, 0.25) is 5.02 Å². The van der Waals surface area contributed by atoms with E-state index < -0.39 is 11.1 Å². The van der Waals surface area contributed by atoms with Crippen LogP contribution in [0.1, 0.15) is 23.6 Å². The van der Waals surface area contributed by atoms with Gasteiger partial charge in [-0.05, 0) is 12.1 Å². The quantitative estimate of drug-likeness (QED) is 0.478. The first-order valence-corrected chi connectivity index (χ1v) is 7.39. The maximum Gasteiger partial charge on any atom is 0.291 e. The summed E-state index contributed by atoms with van der Waals surface area (Å²) in [6, 6.07) is 11.6. The van der Waals surface area contributed by atoms with Crippen LogP contribution < -0.4 is 0 Å². The van der Waals surface area contributed by atoms with Crippen LogP contribution in [-0.4, -0.2) is 21.6 Å².